The highest BCUT2D eigenvalue weighted by atomic mass is 35.5. The zero-order valence-electron chi connectivity index (χ0n) is 24.5. The molecule has 0 aromatic heterocycles. The minimum Gasteiger partial charge on any atom is -0.490 e. The molecule has 43 heavy (non-hydrogen) atoms. The van der Waals surface area contributed by atoms with Gasteiger partial charge in [0.2, 0.25) is 10.0 Å². The lowest BCUT2D eigenvalue weighted by molar-refractivity contribution is 0.0456. The Kier molecular flexibility index (Phi) is 8.54. The number of rotatable bonds is 2. The highest BCUT2D eigenvalue weighted by Gasteiger charge is 2.44. The first kappa shape index (κ1) is 30.4. The summed E-state index contributed by atoms with van der Waals surface area (Å²) in [5, 5.41) is 20.9. The summed E-state index contributed by atoms with van der Waals surface area (Å²) in [5.41, 5.74) is 3.18. The maximum absolute atomic E-state index is 13.4. The topological polar surface area (TPSA) is 116 Å². The van der Waals surface area contributed by atoms with Crippen LogP contribution in [0.4, 0.5) is 5.69 Å². The van der Waals surface area contributed by atoms with E-state index in [2.05, 4.69) is 21.8 Å². The second kappa shape index (κ2) is 12.1. The van der Waals surface area contributed by atoms with E-state index in [4.69, 9.17) is 16.3 Å². The number of fused-ring (bicyclic) bond motifs is 4. The first-order valence-electron chi connectivity index (χ1n) is 15.4. The van der Waals surface area contributed by atoms with Crippen LogP contribution < -0.4 is 14.4 Å². The van der Waals surface area contributed by atoms with Crippen molar-refractivity contribution in [2.45, 2.75) is 81.2 Å². The molecule has 10 heteroatoms. The van der Waals surface area contributed by atoms with Crippen LogP contribution in [-0.2, 0) is 21.9 Å². The van der Waals surface area contributed by atoms with E-state index in [1.54, 1.807) is 31.2 Å². The lowest BCUT2D eigenvalue weighted by Crippen LogP contribution is -2.49. The Balaban J connectivity index is 1.41. The molecule has 2 bridgehead atoms. The number of anilines is 1. The van der Waals surface area contributed by atoms with Crippen LogP contribution in [0.15, 0.2) is 48.6 Å². The molecule has 0 saturated heterocycles. The average Bonchev–Trinajstić information content (AvgIpc) is 3.08. The Morgan fingerprint density at radius 2 is 2.02 bits per heavy atom. The van der Waals surface area contributed by atoms with Crippen molar-refractivity contribution in [1.29, 1.82) is 0 Å². The van der Waals surface area contributed by atoms with Gasteiger partial charge in [-0.2, -0.15) is 0 Å². The van der Waals surface area contributed by atoms with Gasteiger partial charge in [-0.25, -0.2) is 13.1 Å². The normalized spacial score (nSPS) is 31.8. The van der Waals surface area contributed by atoms with Gasteiger partial charge in [0.1, 0.15) is 5.75 Å². The van der Waals surface area contributed by atoms with Gasteiger partial charge in [-0.05, 0) is 112 Å². The third-order valence-electron chi connectivity index (χ3n) is 9.94. The minimum atomic E-state index is -4.08. The number of carbonyl (C=O) groups is 1. The molecule has 2 aliphatic heterocycles. The zero-order chi connectivity index (χ0) is 30.4. The van der Waals surface area contributed by atoms with E-state index in [1.165, 1.54) is 11.1 Å². The van der Waals surface area contributed by atoms with E-state index in [1.807, 2.05) is 12.1 Å². The number of hydrogen-bond donors (Lipinski definition) is 3. The summed E-state index contributed by atoms with van der Waals surface area (Å²) in [5.74, 6) is 0.301. The van der Waals surface area contributed by atoms with E-state index in [0.29, 0.717) is 31.9 Å². The Hall–Kier alpha value is -2.59. The monoisotopic (exact) mass is 628 g/mol. The van der Waals surface area contributed by atoms with Crippen LogP contribution in [0.2, 0.25) is 5.02 Å². The molecule has 0 radical (unpaired) electrons. The molecule has 1 fully saturated rings. The van der Waals surface area contributed by atoms with Gasteiger partial charge in [0.15, 0.2) is 0 Å². The average molecular weight is 629 g/mol. The number of amides is 1. The second-order valence-corrected chi connectivity index (χ2v) is 15.4. The molecule has 3 N–H and O–H groups in total. The number of hydrogen-bond acceptors (Lipinski definition) is 7. The standard InChI is InChI=1S/C33H41ClN2O6S/c1-21(37)15-26-6-2-3-7-30(38)27-11-8-24(27)18-36-19-33(14-4-5-22-16-25(34)10-12-28(22)33)20-42-31-13-9-23(17-29(31)36)32(39)35-43(26,40)41/h3,7,9-10,12-13,16-17,21,24,26-27,30,37-38H,2,4-6,8,11,14-15,18-20H2,1H3,(H,35,39)/b7-3-/t21-,24+,26-,27-,30+,33+/m1/s1. The molecule has 2 heterocycles. The Morgan fingerprint density at radius 3 is 2.79 bits per heavy atom. The van der Waals surface area contributed by atoms with Crippen molar-refractivity contribution in [2.24, 2.45) is 11.8 Å². The Morgan fingerprint density at radius 1 is 1.19 bits per heavy atom. The maximum atomic E-state index is 13.4. The molecular weight excluding hydrogens is 588 g/mol. The van der Waals surface area contributed by atoms with Crippen molar-refractivity contribution >= 4 is 33.2 Å². The predicted molar refractivity (Wildman–Crippen MR) is 167 cm³/mol. The van der Waals surface area contributed by atoms with Crippen molar-refractivity contribution in [3.8, 4) is 5.75 Å². The summed E-state index contributed by atoms with van der Waals surface area (Å²) >= 11 is 6.38. The first-order chi connectivity index (χ1) is 20.5. The highest BCUT2D eigenvalue weighted by Crippen LogP contribution is 2.46. The quantitative estimate of drug-likeness (QED) is 0.411. The van der Waals surface area contributed by atoms with Crippen molar-refractivity contribution in [1.82, 2.24) is 4.72 Å². The molecule has 2 aromatic rings. The highest BCUT2D eigenvalue weighted by molar-refractivity contribution is 7.90. The first-order valence-corrected chi connectivity index (χ1v) is 17.4. The molecule has 1 spiro atoms. The summed E-state index contributed by atoms with van der Waals surface area (Å²) in [6, 6.07) is 11.2. The number of sulfonamides is 1. The number of aliphatic hydroxyl groups is 2. The molecule has 6 rings (SSSR count). The van der Waals surface area contributed by atoms with Crippen molar-refractivity contribution in [2.75, 3.05) is 24.6 Å². The van der Waals surface area contributed by atoms with E-state index in [9.17, 15) is 23.4 Å². The molecule has 2 aliphatic carbocycles. The third-order valence-corrected chi connectivity index (χ3v) is 11.9. The van der Waals surface area contributed by atoms with E-state index >= 15 is 0 Å². The van der Waals surface area contributed by atoms with Gasteiger partial charge in [0.05, 0.1) is 29.8 Å². The maximum Gasteiger partial charge on any atom is 0.264 e. The molecule has 0 unspecified atom stereocenters. The lowest BCUT2D eigenvalue weighted by atomic mass is 9.68. The molecule has 8 nitrogen and oxygen atoms in total. The van der Waals surface area contributed by atoms with Crippen molar-refractivity contribution in [3.05, 3.63) is 70.3 Å². The van der Waals surface area contributed by atoms with Gasteiger partial charge in [-0.15, -0.1) is 0 Å². The summed E-state index contributed by atoms with van der Waals surface area (Å²) < 4.78 is 35.5. The fourth-order valence-corrected chi connectivity index (χ4v) is 9.24. The van der Waals surface area contributed by atoms with E-state index in [-0.39, 0.29) is 35.7 Å². The molecular formula is C33H41ClN2O6S. The predicted octanol–water partition coefficient (Wildman–Crippen LogP) is 4.75. The van der Waals surface area contributed by atoms with Crippen molar-refractivity contribution < 1.29 is 28.2 Å². The van der Waals surface area contributed by atoms with E-state index in [0.717, 1.165) is 42.8 Å². The van der Waals surface area contributed by atoms with Crippen LogP contribution in [0.25, 0.3) is 0 Å². The Bertz CT molecular complexity index is 1510. The fourth-order valence-electron chi connectivity index (χ4n) is 7.52. The SMILES string of the molecule is C[C@@H](O)C[C@H]1CC/C=C\[C@H](O)[C@@H]2CC[C@H]2CN2C[C@@]3(CCCc4cc(Cl)ccc43)COc3ccc(cc32)C(=O)NS1(=O)=O. The van der Waals surface area contributed by atoms with Crippen LogP contribution >= 0.6 is 11.6 Å². The molecule has 1 amide bonds. The summed E-state index contributed by atoms with van der Waals surface area (Å²) in [4.78, 5) is 15.7. The minimum absolute atomic E-state index is 0.00425. The van der Waals surface area contributed by atoms with Crippen molar-refractivity contribution in [3.63, 3.8) is 0 Å². The molecule has 2 aromatic carbocycles. The molecule has 232 valence electrons. The van der Waals surface area contributed by atoms with Gasteiger partial charge in [0.25, 0.3) is 5.91 Å². The molecule has 6 atom stereocenters. The van der Waals surface area contributed by atoms with Crippen LogP contribution in [0, 0.1) is 11.8 Å². The number of nitrogens with one attached hydrogen (secondary N) is 1. The smallest absolute Gasteiger partial charge is 0.264 e. The summed E-state index contributed by atoms with van der Waals surface area (Å²) in [6.07, 6.45) is 7.62. The van der Waals surface area contributed by atoms with Gasteiger partial charge in [-0.3, -0.25) is 4.79 Å². The van der Waals surface area contributed by atoms with Crippen LogP contribution in [-0.4, -0.2) is 61.7 Å². The number of benzene rings is 2. The number of allylic oxidation sites excluding steroid dienone is 1. The number of ether oxygens (including phenoxy) is 1. The zero-order valence-corrected chi connectivity index (χ0v) is 26.1. The van der Waals surface area contributed by atoms with E-state index < -0.39 is 33.4 Å². The number of carbonyl (C=O) groups excluding carboxylic acids is 1. The number of aliphatic hydroxyl groups excluding tert-OH is 2. The number of aryl methyl sites for hydroxylation is 1. The fraction of sp³-hybridized carbons (Fsp3) is 0.545. The molecule has 4 aliphatic rings. The summed E-state index contributed by atoms with van der Waals surface area (Å²) in [7, 11) is -4.08. The molecule has 1 saturated carbocycles. The lowest BCUT2D eigenvalue weighted by Gasteiger charge is -2.45. The second-order valence-electron chi connectivity index (χ2n) is 13.0. The Labute approximate surface area is 259 Å². The van der Waals surface area contributed by atoms with Gasteiger partial charge in [-0.1, -0.05) is 29.8 Å². The summed E-state index contributed by atoms with van der Waals surface area (Å²) in [6.45, 7) is 3.38. The van der Waals surface area contributed by atoms with Crippen LogP contribution in [0.3, 0.4) is 0 Å². The van der Waals surface area contributed by atoms with Crippen LogP contribution in [0.5, 0.6) is 5.75 Å². The third kappa shape index (κ3) is 6.19. The number of halogens is 1. The largest absolute Gasteiger partial charge is 0.490 e. The van der Waals surface area contributed by atoms with Gasteiger partial charge < -0.3 is 19.8 Å². The van der Waals surface area contributed by atoms with Crippen LogP contribution in [0.1, 0.15) is 73.4 Å². The van der Waals surface area contributed by atoms with Gasteiger partial charge >= 0.3 is 0 Å². The van der Waals surface area contributed by atoms with Gasteiger partial charge in [0, 0.05) is 29.1 Å². The number of nitrogens with zero attached hydrogens (tertiary/aromatic N) is 1.